The van der Waals surface area contributed by atoms with Crippen LogP contribution in [0.4, 0.5) is 14.6 Å². The van der Waals surface area contributed by atoms with Crippen molar-refractivity contribution < 1.29 is 8.78 Å². The summed E-state index contributed by atoms with van der Waals surface area (Å²) < 4.78 is 24.2. The molecule has 0 aliphatic carbocycles. The second-order valence-corrected chi connectivity index (χ2v) is 3.46. The summed E-state index contributed by atoms with van der Waals surface area (Å²) in [4.78, 5) is 5.56. The molecule has 2 N–H and O–H groups in total. The van der Waals surface area contributed by atoms with Crippen LogP contribution in [0, 0.1) is 0 Å². The molecule has 1 heterocycles. The summed E-state index contributed by atoms with van der Waals surface area (Å²) in [6.07, 6.45) is -2.40. The van der Waals surface area contributed by atoms with Gasteiger partial charge < -0.3 is 10.6 Å². The lowest BCUT2D eigenvalue weighted by Gasteiger charge is -2.17. The number of nitrogens with two attached hydrogens (primary N) is 1. The minimum atomic E-state index is -2.40. The van der Waals surface area contributed by atoms with Crippen LogP contribution >= 0.6 is 12.2 Å². The van der Waals surface area contributed by atoms with E-state index in [2.05, 4.69) is 4.98 Å². The van der Waals surface area contributed by atoms with E-state index in [1.54, 1.807) is 18.2 Å². The molecule has 0 aliphatic rings. The van der Waals surface area contributed by atoms with E-state index >= 15 is 0 Å². The first-order valence-corrected chi connectivity index (χ1v) is 4.67. The van der Waals surface area contributed by atoms with Gasteiger partial charge in [0.2, 0.25) is 0 Å². The maximum atomic E-state index is 12.1. The monoisotopic (exact) mass is 231 g/mol. The topological polar surface area (TPSA) is 42.1 Å². The molecule has 1 aromatic heterocycles. The third-order valence-corrected chi connectivity index (χ3v) is 2.00. The molecule has 1 aromatic rings. The molecule has 0 radical (unpaired) electrons. The quantitative estimate of drug-likeness (QED) is 0.796. The van der Waals surface area contributed by atoms with Crippen molar-refractivity contribution in [2.24, 2.45) is 5.73 Å². The first-order valence-electron chi connectivity index (χ1n) is 4.27. The van der Waals surface area contributed by atoms with Crippen LogP contribution in [0.5, 0.6) is 0 Å². The van der Waals surface area contributed by atoms with Crippen molar-refractivity contribution in [2.75, 3.05) is 18.5 Å². The number of hydrogen-bond acceptors (Lipinski definition) is 3. The molecule has 0 saturated heterocycles. The number of anilines is 1. The Kier molecular flexibility index (Phi) is 3.90. The van der Waals surface area contributed by atoms with Crippen LogP contribution in [0.1, 0.15) is 5.69 Å². The number of rotatable bonds is 4. The van der Waals surface area contributed by atoms with Gasteiger partial charge in [0, 0.05) is 7.05 Å². The third kappa shape index (κ3) is 3.39. The maximum absolute atomic E-state index is 12.1. The van der Waals surface area contributed by atoms with E-state index in [-0.39, 0.29) is 11.5 Å². The summed E-state index contributed by atoms with van der Waals surface area (Å²) in [5, 5.41) is 0. The SMILES string of the molecule is CN(CC(F)F)c1cccc(C(N)=S)n1. The summed E-state index contributed by atoms with van der Waals surface area (Å²) in [6, 6.07) is 4.95. The molecule has 0 unspecified atom stereocenters. The standard InChI is InChI=1S/C9H11F2N3S/c1-14(5-7(10)11)8-4-2-3-6(13-8)9(12)15/h2-4,7H,5H2,1H3,(H2,12,15). The van der Waals surface area contributed by atoms with E-state index in [0.29, 0.717) is 11.5 Å². The highest BCUT2D eigenvalue weighted by molar-refractivity contribution is 7.80. The van der Waals surface area contributed by atoms with Crippen LogP contribution in [0.25, 0.3) is 0 Å². The fourth-order valence-electron chi connectivity index (χ4n) is 1.07. The Balaban J connectivity index is 2.85. The van der Waals surface area contributed by atoms with Gasteiger partial charge in [0.15, 0.2) is 0 Å². The molecule has 0 bridgehead atoms. The molecule has 0 aliphatic heterocycles. The average molecular weight is 231 g/mol. The zero-order valence-corrected chi connectivity index (χ0v) is 8.97. The van der Waals surface area contributed by atoms with Crippen molar-refractivity contribution in [1.29, 1.82) is 0 Å². The molecule has 3 nitrogen and oxygen atoms in total. The molecule has 6 heteroatoms. The van der Waals surface area contributed by atoms with Crippen LogP contribution in [-0.4, -0.2) is 30.0 Å². The zero-order chi connectivity index (χ0) is 11.4. The number of nitrogens with zero attached hydrogens (tertiary/aromatic N) is 2. The fourth-order valence-corrected chi connectivity index (χ4v) is 1.19. The summed E-state index contributed by atoms with van der Waals surface area (Å²) in [5.41, 5.74) is 5.82. The van der Waals surface area contributed by atoms with Crippen molar-refractivity contribution in [3.8, 4) is 0 Å². The highest BCUT2D eigenvalue weighted by Gasteiger charge is 2.10. The van der Waals surface area contributed by atoms with Gasteiger partial charge in [0.1, 0.15) is 10.8 Å². The first kappa shape index (κ1) is 11.8. The van der Waals surface area contributed by atoms with Crippen molar-refractivity contribution in [2.45, 2.75) is 6.43 Å². The number of hydrogen-bond donors (Lipinski definition) is 1. The largest absolute Gasteiger partial charge is 0.388 e. The molecule has 15 heavy (non-hydrogen) atoms. The molecule has 0 amide bonds. The van der Waals surface area contributed by atoms with E-state index < -0.39 is 6.43 Å². The molecular formula is C9H11F2N3S. The van der Waals surface area contributed by atoms with Crippen molar-refractivity contribution in [3.05, 3.63) is 23.9 Å². The zero-order valence-electron chi connectivity index (χ0n) is 8.15. The molecular weight excluding hydrogens is 220 g/mol. The molecule has 0 saturated carbocycles. The normalized spacial score (nSPS) is 10.4. The predicted molar refractivity (Wildman–Crippen MR) is 59.4 cm³/mol. The van der Waals surface area contributed by atoms with E-state index in [1.165, 1.54) is 11.9 Å². The smallest absolute Gasteiger partial charge is 0.255 e. The van der Waals surface area contributed by atoms with Crippen molar-refractivity contribution >= 4 is 23.0 Å². The van der Waals surface area contributed by atoms with Gasteiger partial charge >= 0.3 is 0 Å². The molecule has 0 spiro atoms. The number of alkyl halides is 2. The van der Waals surface area contributed by atoms with Crippen LogP contribution in [0.2, 0.25) is 0 Å². The molecule has 1 rings (SSSR count). The Labute approximate surface area is 91.9 Å². The van der Waals surface area contributed by atoms with E-state index in [9.17, 15) is 8.78 Å². The third-order valence-electron chi connectivity index (χ3n) is 1.79. The van der Waals surface area contributed by atoms with Gasteiger partial charge in [0.05, 0.1) is 12.2 Å². The molecule has 0 fully saturated rings. The van der Waals surface area contributed by atoms with Crippen LogP contribution in [0.15, 0.2) is 18.2 Å². The lowest BCUT2D eigenvalue weighted by atomic mass is 10.3. The van der Waals surface area contributed by atoms with Gasteiger partial charge in [-0.25, -0.2) is 13.8 Å². The number of pyridine rings is 1. The Morgan fingerprint density at radius 2 is 2.27 bits per heavy atom. The van der Waals surface area contributed by atoms with Gasteiger partial charge in [-0.1, -0.05) is 18.3 Å². The summed E-state index contributed by atoms with van der Waals surface area (Å²) in [5.74, 6) is 0.431. The summed E-state index contributed by atoms with van der Waals surface area (Å²) in [6.45, 7) is -0.367. The molecule has 0 aromatic carbocycles. The second-order valence-electron chi connectivity index (χ2n) is 3.02. The fraction of sp³-hybridized carbons (Fsp3) is 0.333. The average Bonchev–Trinajstić information content (AvgIpc) is 2.17. The Hall–Kier alpha value is -1.30. The van der Waals surface area contributed by atoms with Gasteiger partial charge in [-0.15, -0.1) is 0 Å². The Morgan fingerprint density at radius 1 is 1.60 bits per heavy atom. The van der Waals surface area contributed by atoms with Gasteiger partial charge in [-0.05, 0) is 12.1 Å². The number of thiocarbonyl (C=S) groups is 1. The lowest BCUT2D eigenvalue weighted by Crippen LogP contribution is -2.25. The van der Waals surface area contributed by atoms with Crippen LogP contribution in [-0.2, 0) is 0 Å². The lowest BCUT2D eigenvalue weighted by molar-refractivity contribution is 0.156. The van der Waals surface area contributed by atoms with E-state index in [4.69, 9.17) is 18.0 Å². The highest BCUT2D eigenvalue weighted by atomic mass is 32.1. The minimum Gasteiger partial charge on any atom is -0.388 e. The summed E-state index contributed by atoms with van der Waals surface area (Å²) >= 11 is 4.74. The highest BCUT2D eigenvalue weighted by Crippen LogP contribution is 2.11. The maximum Gasteiger partial charge on any atom is 0.255 e. The molecule has 82 valence electrons. The van der Waals surface area contributed by atoms with Crippen molar-refractivity contribution in [1.82, 2.24) is 4.98 Å². The predicted octanol–water partition coefficient (Wildman–Crippen LogP) is 1.42. The second kappa shape index (κ2) is 4.97. The van der Waals surface area contributed by atoms with Crippen LogP contribution in [0.3, 0.4) is 0 Å². The van der Waals surface area contributed by atoms with Gasteiger partial charge in [-0.2, -0.15) is 0 Å². The minimum absolute atomic E-state index is 0.155. The number of aromatic nitrogens is 1. The van der Waals surface area contributed by atoms with E-state index in [0.717, 1.165) is 0 Å². The van der Waals surface area contributed by atoms with Gasteiger partial charge in [-0.3, -0.25) is 0 Å². The Morgan fingerprint density at radius 3 is 2.80 bits per heavy atom. The van der Waals surface area contributed by atoms with E-state index in [1.807, 2.05) is 0 Å². The Bertz CT molecular complexity index is 357. The van der Waals surface area contributed by atoms with Crippen LogP contribution < -0.4 is 10.6 Å². The van der Waals surface area contributed by atoms with Gasteiger partial charge in [0.25, 0.3) is 6.43 Å². The number of halogens is 2. The first-order chi connectivity index (χ1) is 7.00. The van der Waals surface area contributed by atoms with Crippen molar-refractivity contribution in [3.63, 3.8) is 0 Å². The molecule has 0 atom stereocenters. The summed E-state index contributed by atoms with van der Waals surface area (Å²) in [7, 11) is 1.54.